The number of sulfonamides is 1. The van der Waals surface area contributed by atoms with E-state index in [4.69, 9.17) is 5.11 Å². The zero-order valence-corrected chi connectivity index (χ0v) is 13.4. The zero-order valence-electron chi connectivity index (χ0n) is 11.0. The quantitative estimate of drug-likeness (QED) is 0.835. The number of aromatic nitrogens is 3. The molecule has 0 saturated carbocycles. The molecule has 0 saturated heterocycles. The second-order valence-corrected chi connectivity index (χ2v) is 6.60. The number of aromatic carboxylic acids is 1. The van der Waals surface area contributed by atoms with Gasteiger partial charge in [-0.15, -0.1) is 5.10 Å². The maximum absolute atomic E-state index is 12.3. The second-order valence-electron chi connectivity index (χ2n) is 4.25. The smallest absolute Gasteiger partial charge is 0.336 e. The van der Waals surface area contributed by atoms with Gasteiger partial charge >= 0.3 is 5.97 Å². The van der Waals surface area contributed by atoms with Crippen LogP contribution in [0, 0.1) is 6.92 Å². The Morgan fingerprint density at radius 2 is 2.10 bits per heavy atom. The molecule has 0 aliphatic heterocycles. The van der Waals surface area contributed by atoms with Crippen molar-refractivity contribution in [3.05, 3.63) is 33.9 Å². The molecule has 112 valence electrons. The highest BCUT2D eigenvalue weighted by Gasteiger charge is 2.24. The number of halogens is 1. The molecule has 0 radical (unpaired) electrons. The van der Waals surface area contributed by atoms with Gasteiger partial charge in [0, 0.05) is 12.7 Å². The Morgan fingerprint density at radius 1 is 1.43 bits per heavy atom. The van der Waals surface area contributed by atoms with Crippen molar-refractivity contribution < 1.29 is 18.3 Å². The normalized spacial score (nSPS) is 11.4. The average Bonchev–Trinajstić information content (AvgIpc) is 2.71. The van der Waals surface area contributed by atoms with E-state index in [9.17, 15) is 13.2 Å². The van der Waals surface area contributed by atoms with E-state index in [2.05, 4.69) is 31.0 Å². The molecule has 0 aliphatic carbocycles. The number of aryl methyl sites for hydroxylation is 2. The number of hydrogen-bond donors (Lipinski definition) is 2. The first kappa shape index (κ1) is 15.4. The van der Waals surface area contributed by atoms with E-state index in [1.807, 2.05) is 0 Å². The highest BCUT2D eigenvalue weighted by Crippen LogP contribution is 2.22. The van der Waals surface area contributed by atoms with Crippen LogP contribution in [0.4, 0.5) is 5.69 Å². The SMILES string of the molecule is Cc1ccc(NS(=O)(=O)c2c(Br)nnn2C)cc1C(=O)O. The Hall–Kier alpha value is -1.94. The number of hydrogen-bond acceptors (Lipinski definition) is 5. The van der Waals surface area contributed by atoms with Crippen LogP contribution in [0.15, 0.2) is 27.8 Å². The van der Waals surface area contributed by atoms with Crippen LogP contribution >= 0.6 is 15.9 Å². The van der Waals surface area contributed by atoms with E-state index in [1.165, 1.54) is 25.2 Å². The molecule has 0 unspecified atom stereocenters. The molecular formula is C11H11BrN4O4S. The number of carboxylic acids is 1. The van der Waals surface area contributed by atoms with Gasteiger partial charge in [0.05, 0.1) is 5.56 Å². The number of nitrogens with zero attached hydrogens (tertiary/aromatic N) is 3. The zero-order chi connectivity index (χ0) is 15.8. The van der Waals surface area contributed by atoms with E-state index in [0.29, 0.717) is 5.56 Å². The fourth-order valence-corrected chi connectivity index (χ4v) is 3.88. The predicted octanol–water partition coefficient (Wildman–Crippen LogP) is 1.39. The minimum absolute atomic E-state index is 0.0254. The van der Waals surface area contributed by atoms with Crippen molar-refractivity contribution in [2.75, 3.05) is 4.72 Å². The summed E-state index contributed by atoms with van der Waals surface area (Å²) in [6, 6.07) is 4.27. The van der Waals surface area contributed by atoms with Crippen LogP contribution < -0.4 is 4.72 Å². The van der Waals surface area contributed by atoms with Gasteiger partial charge in [-0.25, -0.2) is 9.48 Å². The molecule has 0 spiro atoms. The van der Waals surface area contributed by atoms with Crippen LogP contribution in [0.1, 0.15) is 15.9 Å². The Bertz CT molecular complexity index is 796. The Labute approximate surface area is 129 Å². The molecule has 0 aliphatic rings. The monoisotopic (exact) mass is 374 g/mol. The molecule has 2 aromatic rings. The van der Waals surface area contributed by atoms with E-state index in [1.54, 1.807) is 6.92 Å². The number of carboxylic acid groups (broad SMARTS) is 1. The lowest BCUT2D eigenvalue weighted by molar-refractivity contribution is 0.0696. The molecule has 1 aromatic heterocycles. The third-order valence-electron chi connectivity index (χ3n) is 2.71. The molecule has 2 rings (SSSR count). The van der Waals surface area contributed by atoms with Crippen LogP contribution in [0.25, 0.3) is 0 Å². The van der Waals surface area contributed by atoms with Crippen LogP contribution in [-0.4, -0.2) is 34.5 Å². The molecule has 2 N–H and O–H groups in total. The maximum atomic E-state index is 12.3. The Kier molecular flexibility index (Phi) is 4.01. The lowest BCUT2D eigenvalue weighted by atomic mass is 10.1. The molecule has 8 nitrogen and oxygen atoms in total. The van der Waals surface area contributed by atoms with Crippen molar-refractivity contribution in [2.45, 2.75) is 11.9 Å². The summed E-state index contributed by atoms with van der Waals surface area (Å²) in [5, 5.41) is 16.1. The number of nitrogens with one attached hydrogen (secondary N) is 1. The van der Waals surface area contributed by atoms with Crippen LogP contribution in [0.2, 0.25) is 0 Å². The summed E-state index contributed by atoms with van der Waals surface area (Å²) in [4.78, 5) is 11.1. The fourth-order valence-electron chi connectivity index (χ4n) is 1.73. The number of rotatable bonds is 4. The van der Waals surface area contributed by atoms with Crippen molar-refractivity contribution in [3.63, 3.8) is 0 Å². The predicted molar refractivity (Wildman–Crippen MR) is 77.6 cm³/mol. The van der Waals surface area contributed by atoms with Gasteiger partial charge in [0.2, 0.25) is 5.03 Å². The molecule has 10 heteroatoms. The fraction of sp³-hybridized carbons (Fsp3) is 0.182. The molecule has 0 fully saturated rings. The minimum atomic E-state index is -3.94. The van der Waals surface area contributed by atoms with E-state index >= 15 is 0 Å². The topological polar surface area (TPSA) is 114 Å². The van der Waals surface area contributed by atoms with E-state index in [0.717, 1.165) is 4.68 Å². The van der Waals surface area contributed by atoms with Crippen molar-refractivity contribution in [3.8, 4) is 0 Å². The largest absolute Gasteiger partial charge is 0.478 e. The molecular weight excluding hydrogens is 364 g/mol. The van der Waals surface area contributed by atoms with Gasteiger partial charge in [-0.1, -0.05) is 11.3 Å². The summed E-state index contributed by atoms with van der Waals surface area (Å²) >= 11 is 3.01. The summed E-state index contributed by atoms with van der Waals surface area (Å²) in [6.07, 6.45) is 0. The van der Waals surface area contributed by atoms with Crippen molar-refractivity contribution >= 4 is 37.6 Å². The summed E-state index contributed by atoms with van der Waals surface area (Å²) in [5.41, 5.74) is 0.706. The summed E-state index contributed by atoms with van der Waals surface area (Å²) < 4.78 is 28.0. The van der Waals surface area contributed by atoms with Crippen LogP contribution in [0.5, 0.6) is 0 Å². The molecule has 21 heavy (non-hydrogen) atoms. The van der Waals surface area contributed by atoms with Gasteiger partial charge in [0.15, 0.2) is 4.60 Å². The molecule has 1 heterocycles. The molecule has 0 bridgehead atoms. The van der Waals surface area contributed by atoms with Crippen molar-refractivity contribution in [2.24, 2.45) is 7.05 Å². The molecule has 0 amide bonds. The maximum Gasteiger partial charge on any atom is 0.336 e. The number of carbonyl (C=O) groups is 1. The third-order valence-corrected chi connectivity index (χ3v) is 4.98. The van der Waals surface area contributed by atoms with Crippen molar-refractivity contribution in [1.29, 1.82) is 0 Å². The lowest BCUT2D eigenvalue weighted by Crippen LogP contribution is -2.17. The second kappa shape index (κ2) is 5.45. The van der Waals surface area contributed by atoms with Crippen LogP contribution in [-0.2, 0) is 17.1 Å². The highest BCUT2D eigenvalue weighted by molar-refractivity contribution is 9.10. The number of benzene rings is 1. The van der Waals surface area contributed by atoms with Gasteiger partial charge in [-0.2, -0.15) is 8.42 Å². The van der Waals surface area contributed by atoms with Gasteiger partial charge in [0.1, 0.15) is 0 Å². The summed E-state index contributed by atoms with van der Waals surface area (Å²) in [7, 11) is -2.50. The van der Waals surface area contributed by atoms with E-state index in [-0.39, 0.29) is 20.9 Å². The van der Waals surface area contributed by atoms with Crippen LogP contribution in [0.3, 0.4) is 0 Å². The van der Waals surface area contributed by atoms with E-state index < -0.39 is 16.0 Å². The first-order chi connectivity index (χ1) is 9.72. The summed E-state index contributed by atoms with van der Waals surface area (Å²) in [6.45, 7) is 1.63. The first-order valence-corrected chi connectivity index (χ1v) is 7.92. The number of anilines is 1. The molecule has 0 atom stereocenters. The third kappa shape index (κ3) is 3.05. The van der Waals surface area contributed by atoms with Crippen molar-refractivity contribution in [1.82, 2.24) is 15.0 Å². The minimum Gasteiger partial charge on any atom is -0.478 e. The van der Waals surface area contributed by atoms with Gasteiger partial charge < -0.3 is 5.11 Å². The molecule has 1 aromatic carbocycles. The van der Waals surface area contributed by atoms with Gasteiger partial charge in [-0.3, -0.25) is 4.72 Å². The lowest BCUT2D eigenvalue weighted by Gasteiger charge is -2.09. The standard InChI is InChI=1S/C11H11BrN4O4S/c1-6-3-4-7(5-8(6)11(17)18)14-21(19,20)10-9(12)13-15-16(10)2/h3-5,14H,1-2H3,(H,17,18). The summed E-state index contributed by atoms with van der Waals surface area (Å²) in [5.74, 6) is -1.13. The Morgan fingerprint density at radius 3 is 2.62 bits per heavy atom. The first-order valence-electron chi connectivity index (χ1n) is 5.64. The van der Waals surface area contributed by atoms with Gasteiger partial charge in [-0.05, 0) is 40.5 Å². The van der Waals surface area contributed by atoms with Gasteiger partial charge in [0.25, 0.3) is 10.0 Å². The Balaban J connectivity index is 2.42. The average molecular weight is 375 g/mol. The highest BCUT2D eigenvalue weighted by atomic mass is 79.9.